The van der Waals surface area contributed by atoms with Crippen molar-refractivity contribution in [2.24, 2.45) is 0 Å². The highest BCUT2D eigenvalue weighted by Crippen LogP contribution is 2.39. The molecule has 5 atom stereocenters. The molecule has 1 saturated heterocycles. The van der Waals surface area contributed by atoms with Crippen LogP contribution in [0.1, 0.15) is 57.4 Å². The van der Waals surface area contributed by atoms with Gasteiger partial charge in [0.05, 0.1) is 11.1 Å². The molecule has 240 valence electrons. The van der Waals surface area contributed by atoms with E-state index in [2.05, 4.69) is 0 Å². The van der Waals surface area contributed by atoms with Gasteiger partial charge in [0.15, 0.2) is 28.9 Å². The van der Waals surface area contributed by atoms with Gasteiger partial charge in [0.2, 0.25) is 0 Å². The van der Waals surface area contributed by atoms with E-state index in [1.807, 2.05) is 18.2 Å². The molecule has 0 N–H and O–H groups in total. The molecule has 0 bridgehead atoms. The van der Waals surface area contributed by atoms with Gasteiger partial charge < -0.3 is 23.7 Å². The summed E-state index contributed by atoms with van der Waals surface area (Å²) in [5, 5.41) is 0.836. The van der Waals surface area contributed by atoms with Gasteiger partial charge in [-0.05, 0) is 43.4 Å². The molecule has 2 aliphatic rings. The summed E-state index contributed by atoms with van der Waals surface area (Å²) in [5.41, 5.74) is 0.235. The number of ether oxygens (including phenoxy) is 5. The standard InChI is InChI=1S/C31H34N2O10S2/c1-16(34)39-15-22-25(40-17(2)35)26(41-18(3)36)27(42-19(4)37)30(43-22)45-31-32-28-24(21-13-9-6-10-14-23(21)44-28)29(38)33(31)20-11-7-5-8-12-20/h5,7-8,11-12,22,25-27,30H,6,9-10,13-15H2,1-4H3/t22-,25-,26+,27-,30+/m1/s1. The summed E-state index contributed by atoms with van der Waals surface area (Å²) >= 11 is 2.49. The quantitative estimate of drug-likeness (QED) is 0.150. The van der Waals surface area contributed by atoms with E-state index >= 15 is 0 Å². The number of para-hydroxylation sites is 1. The topological polar surface area (TPSA) is 149 Å². The molecule has 1 fully saturated rings. The first-order chi connectivity index (χ1) is 21.5. The Labute approximate surface area is 267 Å². The third kappa shape index (κ3) is 7.39. The fourth-order valence-corrected chi connectivity index (χ4v) is 8.13. The number of nitrogens with zero attached hydrogens (tertiary/aromatic N) is 2. The van der Waals surface area contributed by atoms with E-state index in [0.717, 1.165) is 68.2 Å². The Morgan fingerprint density at radius 3 is 2.20 bits per heavy atom. The van der Waals surface area contributed by atoms with Gasteiger partial charge in [0.1, 0.15) is 17.5 Å². The Kier molecular flexibility index (Phi) is 10.2. The SMILES string of the molecule is CC(=O)OC[C@H]1O[C@@H](Sc2nc3sc4c(c3c(=O)n2-c2ccccc2)CCCCC4)[C@H](OC(C)=O)[C@@H](OC(C)=O)[C@@H]1OC(C)=O. The van der Waals surface area contributed by atoms with Crippen LogP contribution in [0.4, 0.5) is 0 Å². The van der Waals surface area contributed by atoms with Crippen LogP contribution in [-0.4, -0.2) is 69.9 Å². The summed E-state index contributed by atoms with van der Waals surface area (Å²) in [4.78, 5) is 69.5. The molecule has 1 aliphatic carbocycles. The summed E-state index contributed by atoms with van der Waals surface area (Å²) in [7, 11) is 0. The van der Waals surface area contributed by atoms with Gasteiger partial charge in [-0.2, -0.15) is 0 Å². The van der Waals surface area contributed by atoms with Crippen LogP contribution in [0.3, 0.4) is 0 Å². The third-order valence-electron chi connectivity index (χ3n) is 7.39. The van der Waals surface area contributed by atoms with Crippen molar-refractivity contribution in [3.8, 4) is 5.69 Å². The number of esters is 4. The molecule has 45 heavy (non-hydrogen) atoms. The molecule has 0 saturated carbocycles. The van der Waals surface area contributed by atoms with Crippen LogP contribution in [-0.2, 0) is 55.7 Å². The van der Waals surface area contributed by atoms with E-state index in [-0.39, 0.29) is 17.3 Å². The number of aromatic nitrogens is 2. The molecular weight excluding hydrogens is 624 g/mol. The van der Waals surface area contributed by atoms with Gasteiger partial charge in [-0.15, -0.1) is 11.3 Å². The summed E-state index contributed by atoms with van der Waals surface area (Å²) in [6.07, 6.45) is -0.233. The predicted octanol–water partition coefficient (Wildman–Crippen LogP) is 3.89. The Morgan fingerprint density at radius 1 is 0.889 bits per heavy atom. The van der Waals surface area contributed by atoms with Crippen LogP contribution >= 0.6 is 23.1 Å². The second-order valence-corrected chi connectivity index (χ2v) is 12.9. The third-order valence-corrected chi connectivity index (χ3v) is 9.67. The molecule has 3 heterocycles. The van der Waals surface area contributed by atoms with Gasteiger partial charge in [-0.3, -0.25) is 28.5 Å². The summed E-state index contributed by atoms with van der Waals surface area (Å²) in [6, 6.07) is 9.03. The molecule has 12 nitrogen and oxygen atoms in total. The van der Waals surface area contributed by atoms with E-state index in [0.29, 0.717) is 15.9 Å². The molecule has 0 amide bonds. The predicted molar refractivity (Wildman–Crippen MR) is 164 cm³/mol. The second kappa shape index (κ2) is 14.1. The number of thiophene rings is 1. The lowest BCUT2D eigenvalue weighted by atomic mass is 9.99. The van der Waals surface area contributed by atoms with Crippen molar-refractivity contribution >= 4 is 57.2 Å². The Bertz CT molecular complexity index is 1650. The van der Waals surface area contributed by atoms with E-state index < -0.39 is 53.7 Å². The zero-order valence-electron chi connectivity index (χ0n) is 25.3. The lowest BCUT2D eigenvalue weighted by Gasteiger charge is -2.44. The monoisotopic (exact) mass is 658 g/mol. The van der Waals surface area contributed by atoms with Gasteiger partial charge in [0.25, 0.3) is 5.56 Å². The number of carbonyl (C=O) groups is 4. The second-order valence-electron chi connectivity index (χ2n) is 10.8. The number of hydrogen-bond acceptors (Lipinski definition) is 13. The van der Waals surface area contributed by atoms with Crippen molar-refractivity contribution in [3.05, 3.63) is 51.1 Å². The number of thioether (sulfide) groups is 1. The number of rotatable bonds is 8. The zero-order chi connectivity index (χ0) is 32.2. The molecule has 3 aromatic rings. The maximum atomic E-state index is 14.3. The van der Waals surface area contributed by atoms with Crippen LogP contribution < -0.4 is 5.56 Å². The molecule has 1 aliphatic heterocycles. The largest absolute Gasteiger partial charge is 0.463 e. The highest BCUT2D eigenvalue weighted by atomic mass is 32.2. The number of hydrogen-bond donors (Lipinski definition) is 0. The van der Waals surface area contributed by atoms with E-state index in [9.17, 15) is 24.0 Å². The minimum atomic E-state index is -1.33. The molecule has 5 rings (SSSR count). The van der Waals surface area contributed by atoms with Crippen LogP contribution in [0.15, 0.2) is 40.3 Å². The number of carbonyl (C=O) groups excluding carboxylic acids is 4. The van der Waals surface area contributed by atoms with Crippen molar-refractivity contribution in [1.82, 2.24) is 9.55 Å². The highest BCUT2D eigenvalue weighted by molar-refractivity contribution is 7.99. The van der Waals surface area contributed by atoms with Crippen LogP contribution in [0.25, 0.3) is 15.9 Å². The molecule has 2 aromatic heterocycles. The van der Waals surface area contributed by atoms with Crippen LogP contribution in [0.5, 0.6) is 0 Å². The highest BCUT2D eigenvalue weighted by Gasteiger charge is 2.53. The van der Waals surface area contributed by atoms with Crippen molar-refractivity contribution < 1.29 is 42.9 Å². The Morgan fingerprint density at radius 2 is 1.53 bits per heavy atom. The Balaban J connectivity index is 1.65. The number of benzene rings is 1. The molecule has 1 aromatic carbocycles. The van der Waals surface area contributed by atoms with Gasteiger partial charge in [-0.1, -0.05) is 36.4 Å². The normalized spacial score (nSPS) is 23.0. The zero-order valence-corrected chi connectivity index (χ0v) is 26.9. The first-order valence-electron chi connectivity index (χ1n) is 14.6. The molecule has 0 radical (unpaired) electrons. The van der Waals surface area contributed by atoms with Crippen molar-refractivity contribution in [3.63, 3.8) is 0 Å². The minimum absolute atomic E-state index is 0.237. The first kappa shape index (κ1) is 32.6. The summed E-state index contributed by atoms with van der Waals surface area (Å²) in [5.74, 6) is -2.77. The number of aryl methyl sites for hydroxylation is 2. The van der Waals surface area contributed by atoms with E-state index in [1.165, 1.54) is 29.8 Å². The van der Waals surface area contributed by atoms with Gasteiger partial charge in [0, 0.05) is 32.6 Å². The summed E-state index contributed by atoms with van der Waals surface area (Å²) in [6.45, 7) is 4.36. The average Bonchev–Trinajstić information content (AvgIpc) is 3.16. The van der Waals surface area contributed by atoms with E-state index in [1.54, 1.807) is 12.1 Å². The molecule has 14 heteroatoms. The average molecular weight is 659 g/mol. The molecular formula is C31H34N2O10S2. The van der Waals surface area contributed by atoms with Crippen molar-refractivity contribution in [1.29, 1.82) is 0 Å². The van der Waals surface area contributed by atoms with E-state index in [4.69, 9.17) is 28.7 Å². The minimum Gasteiger partial charge on any atom is -0.463 e. The Hall–Kier alpha value is -3.75. The first-order valence-corrected chi connectivity index (χ1v) is 16.3. The van der Waals surface area contributed by atoms with Gasteiger partial charge >= 0.3 is 23.9 Å². The fraction of sp³-hybridized carbons (Fsp3) is 0.484. The number of fused-ring (bicyclic) bond motifs is 3. The van der Waals surface area contributed by atoms with Crippen LogP contribution in [0.2, 0.25) is 0 Å². The fourth-order valence-electron chi connectivity index (χ4n) is 5.63. The molecule has 0 spiro atoms. The maximum Gasteiger partial charge on any atom is 0.303 e. The lowest BCUT2D eigenvalue weighted by Crippen LogP contribution is -2.61. The van der Waals surface area contributed by atoms with Gasteiger partial charge in [-0.25, -0.2) is 4.98 Å². The smallest absolute Gasteiger partial charge is 0.303 e. The van der Waals surface area contributed by atoms with Crippen molar-refractivity contribution in [2.45, 2.75) is 94.8 Å². The maximum absolute atomic E-state index is 14.3. The summed E-state index contributed by atoms with van der Waals surface area (Å²) < 4.78 is 29.7. The van der Waals surface area contributed by atoms with Crippen LogP contribution in [0, 0.1) is 0 Å². The molecule has 0 unspecified atom stereocenters. The lowest BCUT2D eigenvalue weighted by molar-refractivity contribution is -0.237. The van der Waals surface area contributed by atoms with Crippen molar-refractivity contribution in [2.75, 3.05) is 6.61 Å².